The van der Waals surface area contributed by atoms with Crippen molar-refractivity contribution in [2.24, 2.45) is 0 Å². The van der Waals surface area contributed by atoms with Gasteiger partial charge in [-0.2, -0.15) is 0 Å². The maximum atomic E-state index is 13.2. The number of carbonyl (C=O) groups is 1. The lowest BCUT2D eigenvalue weighted by atomic mass is 9.97. The third kappa shape index (κ3) is 7.80. The minimum Gasteiger partial charge on any atom is -0.493 e. The molecule has 6 aromatic rings. The molecule has 0 saturated carbocycles. The van der Waals surface area contributed by atoms with Crippen molar-refractivity contribution in [2.75, 3.05) is 13.2 Å². The molecular weight excluding hydrogens is 644 g/mol. The fraction of sp³-hybridized carbons (Fsp3) is 0.154. The van der Waals surface area contributed by atoms with Crippen molar-refractivity contribution < 1.29 is 23.1 Å². The number of fused-ring (bicyclic) bond motifs is 1. The summed E-state index contributed by atoms with van der Waals surface area (Å²) in [4.78, 5) is 11.5. The number of aromatic carboxylic acids is 1. The van der Waals surface area contributed by atoms with E-state index in [1.807, 2.05) is 72.8 Å². The van der Waals surface area contributed by atoms with Gasteiger partial charge in [0, 0.05) is 41.0 Å². The number of carboxylic acid groups (broad SMARTS) is 1. The third-order valence-electron chi connectivity index (χ3n) is 8.26. The first kappa shape index (κ1) is 33.0. The predicted molar refractivity (Wildman–Crippen MR) is 190 cm³/mol. The van der Waals surface area contributed by atoms with Gasteiger partial charge in [0.15, 0.2) is 0 Å². The summed E-state index contributed by atoms with van der Waals surface area (Å²) in [5.41, 5.74) is 5.92. The molecule has 0 atom stereocenters. The highest BCUT2D eigenvalue weighted by molar-refractivity contribution is 7.88. The quantitative estimate of drug-likeness (QED) is 0.122. The highest BCUT2D eigenvalue weighted by Gasteiger charge is 2.26. The summed E-state index contributed by atoms with van der Waals surface area (Å²) in [6.07, 6.45) is 0.879. The van der Waals surface area contributed by atoms with Crippen LogP contribution in [-0.2, 0) is 28.6 Å². The number of benzene rings is 5. The molecule has 0 aliphatic rings. The summed E-state index contributed by atoms with van der Waals surface area (Å²) in [5, 5.41) is 11.0. The van der Waals surface area contributed by atoms with E-state index in [0.29, 0.717) is 29.2 Å². The number of ether oxygens (including phenoxy) is 1. The van der Waals surface area contributed by atoms with Gasteiger partial charge in [0.05, 0.1) is 24.0 Å². The Morgan fingerprint density at radius 3 is 2.08 bits per heavy atom. The van der Waals surface area contributed by atoms with E-state index in [4.69, 9.17) is 16.3 Å². The molecule has 1 heterocycles. The first-order valence-corrected chi connectivity index (χ1v) is 17.7. The van der Waals surface area contributed by atoms with Crippen LogP contribution in [0.1, 0.15) is 44.3 Å². The molecule has 48 heavy (non-hydrogen) atoms. The number of aromatic nitrogens is 1. The van der Waals surface area contributed by atoms with Gasteiger partial charge in [-0.05, 0) is 58.7 Å². The molecule has 0 aliphatic heterocycles. The predicted octanol–water partition coefficient (Wildman–Crippen LogP) is 7.91. The van der Waals surface area contributed by atoms with Crippen molar-refractivity contribution in [3.05, 3.63) is 172 Å². The molecule has 1 aromatic heterocycles. The summed E-state index contributed by atoms with van der Waals surface area (Å²) < 4.78 is 37.5. The maximum Gasteiger partial charge on any atom is 0.335 e. The van der Waals surface area contributed by atoms with Crippen LogP contribution in [0.2, 0.25) is 5.02 Å². The molecule has 0 aliphatic carbocycles. The van der Waals surface area contributed by atoms with Gasteiger partial charge >= 0.3 is 5.97 Å². The van der Waals surface area contributed by atoms with E-state index in [1.54, 1.807) is 24.3 Å². The molecule has 5 aromatic carbocycles. The molecular formula is C39H35ClN2O5S. The standard InChI is InChI=1S/C39H35ClN2O5S/c40-32-19-20-36-35(26-32)34(22-24-47-33-18-10-17-31(25-33)39(43)44)37(21-23-41-48(45,46)27-28-11-4-1-5-12-28)42(36)38(29-13-6-2-7-14-29)30-15-8-3-9-16-30/h1-20,25-26,38,41H,21-24,27H2,(H,43,44). The van der Waals surface area contributed by atoms with E-state index in [1.165, 1.54) is 12.1 Å². The number of hydrogen-bond acceptors (Lipinski definition) is 4. The first-order chi connectivity index (χ1) is 23.3. The van der Waals surface area contributed by atoms with E-state index in [0.717, 1.165) is 33.3 Å². The molecule has 2 N–H and O–H groups in total. The Labute approximate surface area is 285 Å². The largest absolute Gasteiger partial charge is 0.493 e. The average molecular weight is 679 g/mol. The van der Waals surface area contributed by atoms with E-state index < -0.39 is 16.0 Å². The Morgan fingerprint density at radius 2 is 1.44 bits per heavy atom. The lowest BCUT2D eigenvalue weighted by molar-refractivity contribution is 0.0696. The topological polar surface area (TPSA) is 97.6 Å². The maximum absolute atomic E-state index is 13.2. The van der Waals surface area contributed by atoms with E-state index in [2.05, 4.69) is 33.6 Å². The van der Waals surface area contributed by atoms with E-state index >= 15 is 0 Å². The number of carboxylic acids is 1. The number of hydrogen-bond donors (Lipinski definition) is 2. The van der Waals surface area contributed by atoms with Gasteiger partial charge in [0.1, 0.15) is 5.75 Å². The van der Waals surface area contributed by atoms with Crippen LogP contribution in [0.25, 0.3) is 10.9 Å². The monoisotopic (exact) mass is 678 g/mol. The van der Waals surface area contributed by atoms with Crippen LogP contribution in [-0.4, -0.2) is 37.2 Å². The van der Waals surface area contributed by atoms with Crippen molar-refractivity contribution in [3.63, 3.8) is 0 Å². The number of nitrogens with one attached hydrogen (secondary N) is 1. The zero-order valence-corrected chi connectivity index (χ0v) is 27.7. The van der Waals surface area contributed by atoms with E-state index in [9.17, 15) is 18.3 Å². The SMILES string of the molecule is O=C(O)c1cccc(OCCc2c(CCNS(=O)(=O)Cc3ccccc3)n(C(c3ccccc3)c3ccccc3)c3ccc(Cl)cc23)c1. The van der Waals surface area contributed by atoms with Crippen LogP contribution >= 0.6 is 11.6 Å². The molecule has 9 heteroatoms. The Bertz CT molecular complexity index is 2080. The fourth-order valence-electron chi connectivity index (χ4n) is 6.17. The second-order valence-electron chi connectivity index (χ2n) is 11.5. The molecule has 7 nitrogen and oxygen atoms in total. The van der Waals surface area contributed by atoms with Crippen LogP contribution < -0.4 is 9.46 Å². The smallest absolute Gasteiger partial charge is 0.335 e. The summed E-state index contributed by atoms with van der Waals surface area (Å²) >= 11 is 6.60. The summed E-state index contributed by atoms with van der Waals surface area (Å²) in [5.74, 6) is -0.680. The Hall–Kier alpha value is -4.89. The minimum absolute atomic E-state index is 0.112. The summed E-state index contributed by atoms with van der Waals surface area (Å²) in [7, 11) is -3.61. The third-order valence-corrected chi connectivity index (χ3v) is 9.85. The minimum atomic E-state index is -3.61. The number of nitrogens with zero attached hydrogens (tertiary/aromatic N) is 1. The molecule has 0 saturated heterocycles. The van der Waals surface area contributed by atoms with E-state index in [-0.39, 0.29) is 30.5 Å². The first-order valence-electron chi connectivity index (χ1n) is 15.7. The Balaban J connectivity index is 1.42. The fourth-order valence-corrected chi connectivity index (χ4v) is 7.49. The Kier molecular flexibility index (Phi) is 10.3. The summed E-state index contributed by atoms with van der Waals surface area (Å²) in [6, 6.07) is 41.6. The van der Waals surface area contributed by atoms with Crippen LogP contribution in [0.3, 0.4) is 0 Å². The molecule has 0 bridgehead atoms. The van der Waals surface area contributed by atoms with Gasteiger partial charge in [0.2, 0.25) is 10.0 Å². The molecule has 0 fully saturated rings. The number of rotatable bonds is 14. The lowest BCUT2D eigenvalue weighted by Gasteiger charge is -2.25. The van der Waals surface area contributed by atoms with Gasteiger partial charge < -0.3 is 14.4 Å². The van der Waals surface area contributed by atoms with Crippen molar-refractivity contribution in [1.29, 1.82) is 0 Å². The second kappa shape index (κ2) is 14.9. The molecule has 0 amide bonds. The molecule has 6 rings (SSSR count). The second-order valence-corrected chi connectivity index (χ2v) is 13.7. The lowest BCUT2D eigenvalue weighted by Crippen LogP contribution is -2.28. The van der Waals surface area contributed by atoms with Crippen molar-refractivity contribution in [2.45, 2.75) is 24.6 Å². The average Bonchev–Trinajstić information content (AvgIpc) is 3.37. The molecule has 0 spiro atoms. The molecule has 244 valence electrons. The van der Waals surface area contributed by atoms with Crippen LogP contribution in [0.4, 0.5) is 0 Å². The molecule has 0 unspecified atom stereocenters. The van der Waals surface area contributed by atoms with Crippen molar-refractivity contribution >= 4 is 38.5 Å². The van der Waals surface area contributed by atoms with Crippen LogP contribution in [0.5, 0.6) is 5.75 Å². The highest BCUT2D eigenvalue weighted by Crippen LogP contribution is 2.37. The van der Waals surface area contributed by atoms with Gasteiger partial charge in [-0.1, -0.05) is 109 Å². The van der Waals surface area contributed by atoms with Gasteiger partial charge in [-0.25, -0.2) is 17.9 Å². The number of halogens is 1. The zero-order valence-electron chi connectivity index (χ0n) is 26.1. The van der Waals surface area contributed by atoms with Crippen molar-refractivity contribution in [3.8, 4) is 5.75 Å². The highest BCUT2D eigenvalue weighted by atomic mass is 35.5. The van der Waals surface area contributed by atoms with Gasteiger partial charge in [0.25, 0.3) is 0 Å². The van der Waals surface area contributed by atoms with Crippen molar-refractivity contribution in [1.82, 2.24) is 9.29 Å². The van der Waals surface area contributed by atoms with Gasteiger partial charge in [-0.3, -0.25) is 0 Å². The number of sulfonamides is 1. The van der Waals surface area contributed by atoms with Crippen LogP contribution in [0, 0.1) is 0 Å². The zero-order chi connectivity index (χ0) is 33.5. The Morgan fingerprint density at radius 1 is 0.792 bits per heavy atom. The summed E-state index contributed by atoms with van der Waals surface area (Å²) in [6.45, 7) is 0.451. The normalized spacial score (nSPS) is 11.6. The van der Waals surface area contributed by atoms with Crippen LogP contribution in [0.15, 0.2) is 133 Å². The van der Waals surface area contributed by atoms with Gasteiger partial charge in [-0.15, -0.1) is 0 Å². The molecule has 0 radical (unpaired) electrons.